The number of nitrogens with zero attached hydrogens (tertiary/aromatic N) is 4. The van der Waals surface area contributed by atoms with Crippen molar-refractivity contribution in [3.8, 4) is 17.0 Å². The molecule has 0 spiro atoms. The van der Waals surface area contributed by atoms with E-state index in [1.807, 2.05) is 67.9 Å². The molecular weight excluding hydrogens is 366 g/mol. The molecule has 0 unspecified atom stereocenters. The van der Waals surface area contributed by atoms with Gasteiger partial charge in [-0.25, -0.2) is 4.68 Å². The molecule has 7 heteroatoms. The van der Waals surface area contributed by atoms with Gasteiger partial charge in [0.1, 0.15) is 5.76 Å². The van der Waals surface area contributed by atoms with Gasteiger partial charge in [0.15, 0.2) is 0 Å². The lowest BCUT2D eigenvalue weighted by molar-refractivity contribution is 0.0951. The number of rotatable bonds is 6. The number of furan rings is 1. The Balaban J connectivity index is 1.43. The summed E-state index contributed by atoms with van der Waals surface area (Å²) in [6.45, 7) is 6.90. The third-order valence-corrected chi connectivity index (χ3v) is 5.01. The highest BCUT2D eigenvalue weighted by Crippen LogP contribution is 2.27. The fraction of sp³-hybridized carbons (Fsp3) is 0.227. The van der Waals surface area contributed by atoms with E-state index in [1.165, 1.54) is 0 Å². The number of hydrogen-bond acceptors (Lipinski definition) is 4. The van der Waals surface area contributed by atoms with Crippen LogP contribution in [0.1, 0.15) is 27.4 Å². The Hall–Kier alpha value is -3.61. The first-order valence-electron chi connectivity index (χ1n) is 9.52. The predicted octanol–water partition coefficient (Wildman–Crippen LogP) is 3.68. The van der Waals surface area contributed by atoms with E-state index in [9.17, 15) is 4.79 Å². The highest BCUT2D eigenvalue weighted by atomic mass is 16.3. The molecule has 0 saturated carbocycles. The van der Waals surface area contributed by atoms with Crippen LogP contribution in [0.3, 0.4) is 0 Å². The lowest BCUT2D eigenvalue weighted by atomic mass is 10.1. The van der Waals surface area contributed by atoms with Crippen molar-refractivity contribution in [1.29, 1.82) is 0 Å². The monoisotopic (exact) mass is 389 g/mol. The second kappa shape index (κ2) is 7.79. The zero-order valence-electron chi connectivity index (χ0n) is 16.7. The molecule has 0 aliphatic carbocycles. The summed E-state index contributed by atoms with van der Waals surface area (Å²) in [4.78, 5) is 12.6. The lowest BCUT2D eigenvalue weighted by Gasteiger charge is -2.08. The van der Waals surface area contributed by atoms with E-state index in [4.69, 9.17) is 4.42 Å². The largest absolute Gasteiger partial charge is 0.464 e. The van der Waals surface area contributed by atoms with Crippen LogP contribution in [0.4, 0.5) is 0 Å². The van der Waals surface area contributed by atoms with Crippen LogP contribution >= 0.6 is 0 Å². The number of benzene rings is 1. The van der Waals surface area contributed by atoms with Crippen LogP contribution < -0.4 is 5.32 Å². The normalized spacial score (nSPS) is 11.0. The average molecular weight is 389 g/mol. The van der Waals surface area contributed by atoms with Gasteiger partial charge in [-0.15, -0.1) is 0 Å². The molecule has 0 saturated heterocycles. The molecule has 0 aliphatic heterocycles. The van der Waals surface area contributed by atoms with Gasteiger partial charge >= 0.3 is 0 Å². The van der Waals surface area contributed by atoms with Crippen LogP contribution in [0, 0.1) is 20.8 Å². The quantitative estimate of drug-likeness (QED) is 0.546. The van der Waals surface area contributed by atoms with Crippen molar-refractivity contribution >= 4 is 5.91 Å². The smallest absolute Gasteiger partial charge is 0.254 e. The van der Waals surface area contributed by atoms with Crippen LogP contribution in [0.5, 0.6) is 0 Å². The van der Waals surface area contributed by atoms with E-state index in [1.54, 1.807) is 17.1 Å². The number of nitrogens with one attached hydrogen (secondary N) is 1. The molecule has 4 rings (SSSR count). The molecule has 1 aromatic carbocycles. The van der Waals surface area contributed by atoms with Gasteiger partial charge in [-0.2, -0.15) is 10.2 Å². The topological polar surface area (TPSA) is 77.9 Å². The molecule has 3 heterocycles. The van der Waals surface area contributed by atoms with E-state index >= 15 is 0 Å². The Bertz CT molecular complexity index is 1120. The first-order valence-corrected chi connectivity index (χ1v) is 9.52. The number of amides is 1. The minimum Gasteiger partial charge on any atom is -0.464 e. The Kier molecular flexibility index (Phi) is 5.03. The highest BCUT2D eigenvalue weighted by Gasteiger charge is 2.17. The van der Waals surface area contributed by atoms with Crippen LogP contribution in [0.2, 0.25) is 0 Å². The molecule has 148 valence electrons. The van der Waals surface area contributed by atoms with Crippen LogP contribution in [-0.4, -0.2) is 32.0 Å². The maximum absolute atomic E-state index is 12.6. The maximum Gasteiger partial charge on any atom is 0.254 e. The fourth-order valence-corrected chi connectivity index (χ4v) is 3.52. The number of aromatic nitrogens is 4. The molecular formula is C22H23N5O2. The summed E-state index contributed by atoms with van der Waals surface area (Å²) in [5.74, 6) is 0.664. The van der Waals surface area contributed by atoms with Gasteiger partial charge in [-0.1, -0.05) is 18.2 Å². The van der Waals surface area contributed by atoms with Crippen molar-refractivity contribution in [2.24, 2.45) is 0 Å². The van der Waals surface area contributed by atoms with Crippen molar-refractivity contribution in [3.05, 3.63) is 77.6 Å². The van der Waals surface area contributed by atoms with Crippen LogP contribution in [-0.2, 0) is 6.54 Å². The molecule has 4 aromatic rings. The molecule has 0 aliphatic rings. The number of hydrogen-bond donors (Lipinski definition) is 1. The minimum absolute atomic E-state index is 0.141. The molecule has 0 fully saturated rings. The second-order valence-corrected chi connectivity index (χ2v) is 6.89. The molecule has 0 radical (unpaired) electrons. The van der Waals surface area contributed by atoms with Gasteiger partial charge in [0.25, 0.3) is 5.91 Å². The van der Waals surface area contributed by atoms with Crippen molar-refractivity contribution < 1.29 is 9.21 Å². The molecule has 1 amide bonds. The Morgan fingerprint density at radius 3 is 2.59 bits per heavy atom. The van der Waals surface area contributed by atoms with Crippen molar-refractivity contribution in [3.63, 3.8) is 0 Å². The van der Waals surface area contributed by atoms with Gasteiger partial charge in [0, 0.05) is 12.2 Å². The van der Waals surface area contributed by atoms with Gasteiger partial charge < -0.3 is 9.73 Å². The van der Waals surface area contributed by atoms with Gasteiger partial charge in [0.05, 0.1) is 47.2 Å². The summed E-state index contributed by atoms with van der Waals surface area (Å²) >= 11 is 0. The number of aryl methyl sites for hydroxylation is 1. The summed E-state index contributed by atoms with van der Waals surface area (Å²) in [7, 11) is 0. The average Bonchev–Trinajstić information content (AvgIpc) is 3.43. The Labute approximate surface area is 169 Å². The third-order valence-electron chi connectivity index (χ3n) is 5.01. The summed E-state index contributed by atoms with van der Waals surface area (Å²) < 4.78 is 9.18. The Morgan fingerprint density at radius 2 is 1.86 bits per heavy atom. The first-order chi connectivity index (χ1) is 14.1. The first kappa shape index (κ1) is 18.7. The maximum atomic E-state index is 12.6. The Morgan fingerprint density at radius 1 is 1.07 bits per heavy atom. The van der Waals surface area contributed by atoms with Crippen molar-refractivity contribution in [2.45, 2.75) is 27.3 Å². The third kappa shape index (κ3) is 3.59. The van der Waals surface area contributed by atoms with Gasteiger partial charge in [0.2, 0.25) is 0 Å². The summed E-state index contributed by atoms with van der Waals surface area (Å²) in [6.07, 6.45) is 3.26. The van der Waals surface area contributed by atoms with Crippen LogP contribution in [0.25, 0.3) is 17.0 Å². The van der Waals surface area contributed by atoms with E-state index in [0.717, 1.165) is 34.1 Å². The summed E-state index contributed by atoms with van der Waals surface area (Å²) in [5.41, 5.74) is 5.22. The van der Waals surface area contributed by atoms with E-state index in [0.29, 0.717) is 18.7 Å². The fourth-order valence-electron chi connectivity index (χ4n) is 3.52. The number of carbonyl (C=O) groups is 1. The predicted molar refractivity (Wildman–Crippen MR) is 110 cm³/mol. The van der Waals surface area contributed by atoms with Crippen molar-refractivity contribution in [1.82, 2.24) is 24.9 Å². The van der Waals surface area contributed by atoms with E-state index in [-0.39, 0.29) is 5.91 Å². The van der Waals surface area contributed by atoms with Gasteiger partial charge in [-0.05, 0) is 45.0 Å². The summed E-state index contributed by atoms with van der Waals surface area (Å²) in [6, 6.07) is 13.6. The lowest BCUT2D eigenvalue weighted by Crippen LogP contribution is -2.28. The zero-order chi connectivity index (χ0) is 20.4. The second-order valence-electron chi connectivity index (χ2n) is 6.89. The van der Waals surface area contributed by atoms with Crippen molar-refractivity contribution in [2.75, 3.05) is 6.54 Å². The SMILES string of the molecule is Cc1nn(CCNC(=O)c2cnn(-c3ccccc3)c2C)c(C)c1-c1ccco1. The van der Waals surface area contributed by atoms with Crippen LogP contribution in [0.15, 0.2) is 59.3 Å². The molecule has 29 heavy (non-hydrogen) atoms. The molecule has 7 nitrogen and oxygen atoms in total. The zero-order valence-corrected chi connectivity index (χ0v) is 16.7. The molecule has 0 bridgehead atoms. The molecule has 0 atom stereocenters. The summed E-state index contributed by atoms with van der Waals surface area (Å²) in [5, 5.41) is 11.9. The highest BCUT2D eigenvalue weighted by molar-refractivity contribution is 5.95. The minimum atomic E-state index is -0.141. The standard InChI is InChI=1S/C22H23N5O2/c1-15-21(20-10-7-13-29-20)17(3)26(25-15)12-11-23-22(28)19-14-24-27(16(19)2)18-8-5-4-6-9-18/h4-10,13-14H,11-12H2,1-3H3,(H,23,28). The molecule has 3 aromatic heterocycles. The van der Waals surface area contributed by atoms with Gasteiger partial charge in [-0.3, -0.25) is 9.48 Å². The number of carbonyl (C=O) groups excluding carboxylic acids is 1. The molecule has 1 N–H and O–H groups in total. The number of para-hydroxylation sites is 1. The van der Waals surface area contributed by atoms with E-state index in [2.05, 4.69) is 15.5 Å². The van der Waals surface area contributed by atoms with E-state index < -0.39 is 0 Å².